The van der Waals surface area contributed by atoms with Gasteiger partial charge in [0.15, 0.2) is 0 Å². The summed E-state index contributed by atoms with van der Waals surface area (Å²) in [5.41, 5.74) is 7.47. The molecule has 2 rings (SSSR count). The molecule has 1 aliphatic rings. The summed E-state index contributed by atoms with van der Waals surface area (Å²) in [7, 11) is 1.81. The maximum absolute atomic E-state index is 12.0. The van der Waals surface area contributed by atoms with Crippen molar-refractivity contribution in [3.8, 4) is 0 Å². The van der Waals surface area contributed by atoms with Crippen LogP contribution in [0.1, 0.15) is 48.2 Å². The van der Waals surface area contributed by atoms with Gasteiger partial charge in [-0.3, -0.25) is 9.48 Å². The molecule has 0 aliphatic heterocycles. The topological polar surface area (TPSA) is 72.9 Å². The fourth-order valence-electron chi connectivity index (χ4n) is 2.61. The molecular weight excluding hydrogens is 228 g/mol. The van der Waals surface area contributed by atoms with Crippen molar-refractivity contribution < 1.29 is 4.79 Å². The van der Waals surface area contributed by atoms with E-state index in [4.69, 9.17) is 5.73 Å². The molecule has 0 unspecified atom stereocenters. The van der Waals surface area contributed by atoms with E-state index in [-0.39, 0.29) is 11.4 Å². The molecule has 0 radical (unpaired) electrons. The van der Waals surface area contributed by atoms with Crippen molar-refractivity contribution in [3.05, 3.63) is 17.5 Å². The second-order valence-corrected chi connectivity index (χ2v) is 5.41. The quantitative estimate of drug-likeness (QED) is 0.844. The van der Waals surface area contributed by atoms with Crippen LogP contribution in [0.4, 0.5) is 0 Å². The maximum atomic E-state index is 12.0. The third-order valence-electron chi connectivity index (χ3n) is 3.71. The number of carbonyl (C=O) groups is 1. The molecule has 3 N–H and O–H groups in total. The van der Waals surface area contributed by atoms with Crippen molar-refractivity contribution in [3.63, 3.8) is 0 Å². The lowest BCUT2D eigenvalue weighted by molar-refractivity contribution is 0.0937. The van der Waals surface area contributed by atoms with Gasteiger partial charge in [-0.2, -0.15) is 5.10 Å². The van der Waals surface area contributed by atoms with Gasteiger partial charge in [-0.05, 0) is 19.8 Å². The molecule has 1 aromatic rings. The van der Waals surface area contributed by atoms with Gasteiger partial charge >= 0.3 is 0 Å². The van der Waals surface area contributed by atoms with E-state index in [1.54, 1.807) is 10.9 Å². The Bertz CT molecular complexity index is 432. The average Bonchev–Trinajstić information content (AvgIpc) is 2.67. The van der Waals surface area contributed by atoms with Gasteiger partial charge in [0.2, 0.25) is 0 Å². The molecule has 5 heteroatoms. The van der Waals surface area contributed by atoms with Crippen molar-refractivity contribution in [1.29, 1.82) is 0 Å². The molecule has 1 saturated carbocycles. The van der Waals surface area contributed by atoms with Crippen LogP contribution in [-0.2, 0) is 7.05 Å². The Labute approximate surface area is 108 Å². The highest BCUT2D eigenvalue weighted by molar-refractivity contribution is 5.95. The molecule has 0 saturated heterocycles. The van der Waals surface area contributed by atoms with Crippen LogP contribution < -0.4 is 11.1 Å². The van der Waals surface area contributed by atoms with Gasteiger partial charge in [0.25, 0.3) is 5.91 Å². The van der Waals surface area contributed by atoms with Crippen molar-refractivity contribution >= 4 is 5.91 Å². The van der Waals surface area contributed by atoms with Crippen molar-refractivity contribution in [2.24, 2.45) is 12.8 Å². The Hall–Kier alpha value is -1.36. The largest absolute Gasteiger partial charge is 0.350 e. The molecule has 0 spiro atoms. The van der Waals surface area contributed by atoms with Crippen molar-refractivity contribution in [2.75, 3.05) is 6.54 Å². The summed E-state index contributed by atoms with van der Waals surface area (Å²) >= 11 is 0. The summed E-state index contributed by atoms with van der Waals surface area (Å²) in [6.45, 7) is 2.40. The number of hydrogen-bond donors (Lipinski definition) is 2. The average molecular weight is 250 g/mol. The van der Waals surface area contributed by atoms with E-state index in [1.165, 1.54) is 6.42 Å². The number of carbonyl (C=O) groups excluding carboxylic acids is 1. The molecule has 100 valence electrons. The fourth-order valence-corrected chi connectivity index (χ4v) is 2.61. The molecule has 1 aromatic heterocycles. The Kier molecular flexibility index (Phi) is 3.71. The summed E-state index contributed by atoms with van der Waals surface area (Å²) in [4.78, 5) is 12.0. The first-order valence-corrected chi connectivity index (χ1v) is 6.57. The van der Waals surface area contributed by atoms with Crippen molar-refractivity contribution in [2.45, 2.75) is 44.6 Å². The Balaban J connectivity index is 1.94. The zero-order chi connectivity index (χ0) is 13.2. The minimum Gasteiger partial charge on any atom is -0.350 e. The third kappa shape index (κ3) is 2.90. The highest BCUT2D eigenvalue weighted by atomic mass is 16.1. The summed E-state index contributed by atoms with van der Waals surface area (Å²) in [5.74, 6) is -0.0731. The lowest BCUT2D eigenvalue weighted by Gasteiger charge is -2.33. The lowest BCUT2D eigenvalue weighted by atomic mass is 9.82. The van der Waals surface area contributed by atoms with E-state index < -0.39 is 0 Å². The number of rotatable bonds is 3. The van der Waals surface area contributed by atoms with Gasteiger partial charge in [-0.15, -0.1) is 0 Å². The number of aromatic nitrogens is 2. The number of aryl methyl sites for hydroxylation is 2. The smallest absolute Gasteiger partial charge is 0.254 e. The molecule has 1 fully saturated rings. The van der Waals surface area contributed by atoms with Crippen LogP contribution in [0.3, 0.4) is 0 Å². The molecule has 0 aromatic carbocycles. The molecule has 1 amide bonds. The number of nitrogens with zero attached hydrogens (tertiary/aromatic N) is 2. The number of nitrogens with one attached hydrogen (secondary N) is 1. The summed E-state index contributed by atoms with van der Waals surface area (Å²) in [5, 5.41) is 7.11. The van der Waals surface area contributed by atoms with Gasteiger partial charge in [0, 0.05) is 25.3 Å². The molecule has 18 heavy (non-hydrogen) atoms. The molecule has 0 bridgehead atoms. The van der Waals surface area contributed by atoms with Crippen LogP contribution in [0.2, 0.25) is 0 Å². The minimum absolute atomic E-state index is 0.0731. The first-order chi connectivity index (χ1) is 8.50. The zero-order valence-electron chi connectivity index (χ0n) is 11.2. The Morgan fingerprint density at radius 3 is 2.72 bits per heavy atom. The Morgan fingerprint density at radius 2 is 2.17 bits per heavy atom. The van der Waals surface area contributed by atoms with Crippen LogP contribution in [0, 0.1) is 6.92 Å². The highest BCUT2D eigenvalue weighted by Gasteiger charge is 2.28. The molecule has 5 nitrogen and oxygen atoms in total. The van der Waals surface area contributed by atoms with Crippen LogP contribution in [0.15, 0.2) is 6.20 Å². The standard InChI is InChI=1S/C13H22N4O/c1-10-11(8-17(2)16-10)12(18)15-9-13(14)6-4-3-5-7-13/h8H,3-7,9,14H2,1-2H3,(H,15,18). The number of hydrogen-bond acceptors (Lipinski definition) is 3. The van der Waals surface area contributed by atoms with Gasteiger partial charge in [-0.1, -0.05) is 19.3 Å². The van der Waals surface area contributed by atoms with Gasteiger partial charge in [0.05, 0.1) is 11.3 Å². The first-order valence-electron chi connectivity index (χ1n) is 6.57. The van der Waals surface area contributed by atoms with Crippen LogP contribution >= 0.6 is 0 Å². The Morgan fingerprint density at radius 1 is 1.50 bits per heavy atom. The van der Waals surface area contributed by atoms with Crippen molar-refractivity contribution in [1.82, 2.24) is 15.1 Å². The summed E-state index contributed by atoms with van der Waals surface area (Å²) < 4.78 is 1.66. The normalized spacial score (nSPS) is 18.6. The first kappa shape index (κ1) is 13.1. The second-order valence-electron chi connectivity index (χ2n) is 5.41. The second kappa shape index (κ2) is 5.10. The monoisotopic (exact) mass is 250 g/mol. The van der Waals surface area contributed by atoms with E-state index >= 15 is 0 Å². The van der Waals surface area contributed by atoms with Gasteiger partial charge in [-0.25, -0.2) is 0 Å². The van der Waals surface area contributed by atoms with E-state index in [0.29, 0.717) is 12.1 Å². The molecule has 0 atom stereocenters. The fraction of sp³-hybridized carbons (Fsp3) is 0.692. The van der Waals surface area contributed by atoms with E-state index in [2.05, 4.69) is 10.4 Å². The number of amides is 1. The minimum atomic E-state index is -0.218. The van der Waals surface area contributed by atoms with Gasteiger partial charge in [0.1, 0.15) is 0 Å². The maximum Gasteiger partial charge on any atom is 0.254 e. The summed E-state index contributed by atoms with van der Waals surface area (Å²) in [6.07, 6.45) is 7.33. The van der Waals surface area contributed by atoms with E-state index in [9.17, 15) is 4.79 Å². The highest BCUT2D eigenvalue weighted by Crippen LogP contribution is 2.25. The van der Waals surface area contributed by atoms with Crippen LogP contribution in [0.25, 0.3) is 0 Å². The van der Waals surface area contributed by atoms with Crippen LogP contribution in [-0.4, -0.2) is 27.8 Å². The summed E-state index contributed by atoms with van der Waals surface area (Å²) in [6, 6.07) is 0. The van der Waals surface area contributed by atoms with E-state index in [0.717, 1.165) is 31.4 Å². The predicted octanol–water partition coefficient (Wildman–Crippen LogP) is 1.12. The number of nitrogens with two attached hydrogens (primary N) is 1. The third-order valence-corrected chi connectivity index (χ3v) is 3.71. The zero-order valence-corrected chi connectivity index (χ0v) is 11.2. The molecule has 1 aliphatic carbocycles. The lowest BCUT2D eigenvalue weighted by Crippen LogP contribution is -2.51. The SMILES string of the molecule is Cc1nn(C)cc1C(=O)NCC1(N)CCCCC1. The predicted molar refractivity (Wildman–Crippen MR) is 70.3 cm³/mol. The molecular formula is C13H22N4O. The van der Waals surface area contributed by atoms with Gasteiger partial charge < -0.3 is 11.1 Å². The molecule has 1 heterocycles. The van der Waals surface area contributed by atoms with Crippen LogP contribution in [0.5, 0.6) is 0 Å². The van der Waals surface area contributed by atoms with E-state index in [1.807, 2.05) is 14.0 Å².